The third-order valence-electron chi connectivity index (χ3n) is 11.9. The monoisotopic (exact) mass is 846 g/mol. The summed E-state index contributed by atoms with van der Waals surface area (Å²) < 4.78 is 23.7. The maximum atomic E-state index is 12.9. The molecule has 1 amide bonds. The summed E-state index contributed by atoms with van der Waals surface area (Å²) in [6.45, 7) is 4.92. The van der Waals surface area contributed by atoms with Crippen molar-refractivity contribution in [3.8, 4) is 0 Å². The van der Waals surface area contributed by atoms with Crippen molar-refractivity contribution < 1.29 is 32.9 Å². The lowest BCUT2D eigenvalue weighted by molar-refractivity contribution is -0.870. The highest BCUT2D eigenvalue weighted by Gasteiger charge is 2.28. The van der Waals surface area contributed by atoms with Gasteiger partial charge in [-0.1, -0.05) is 239 Å². The van der Waals surface area contributed by atoms with E-state index in [0.717, 1.165) is 38.5 Å². The number of phosphoric acid groups is 1. The zero-order chi connectivity index (χ0) is 42.8. The van der Waals surface area contributed by atoms with E-state index in [4.69, 9.17) is 9.05 Å². The minimum atomic E-state index is -4.31. The van der Waals surface area contributed by atoms with Crippen molar-refractivity contribution in [1.82, 2.24) is 5.32 Å². The molecule has 3 N–H and O–H groups in total. The first kappa shape index (κ1) is 57.5. The van der Waals surface area contributed by atoms with E-state index >= 15 is 0 Å². The highest BCUT2D eigenvalue weighted by atomic mass is 31.2. The molecule has 0 saturated carbocycles. The van der Waals surface area contributed by atoms with Gasteiger partial charge in [-0.2, -0.15) is 0 Å². The molecule has 0 radical (unpaired) electrons. The number of nitrogens with zero attached hydrogens (tertiary/aromatic N) is 1. The molecule has 0 saturated heterocycles. The third kappa shape index (κ3) is 43.6. The molecule has 0 heterocycles. The molecule has 1 unspecified atom stereocenters. The number of aliphatic hydroxyl groups excluding tert-OH is 1. The topological polar surface area (TPSA) is 105 Å². The maximum Gasteiger partial charge on any atom is 0.472 e. The Morgan fingerprint density at radius 2 is 0.828 bits per heavy atom. The molecular weight excluding hydrogens is 744 g/mol. The fraction of sp³-hybridized carbons (Fsp3) is 0.980. The molecule has 0 aliphatic carbocycles. The SMILES string of the molecule is CCCCCCCCCCCCCCCCCCCCCCCCCC(=O)N[C@@H](COP(=O)(O)OCC[N+](C)(C)C)[C@H](O)CCCCCCCCCCCCCCC. The zero-order valence-corrected chi connectivity index (χ0v) is 40.5. The number of phosphoric ester groups is 1. The first-order chi connectivity index (χ1) is 28.0. The molecule has 0 aromatic heterocycles. The fourth-order valence-corrected chi connectivity index (χ4v) is 8.55. The summed E-state index contributed by atoms with van der Waals surface area (Å²) in [5.74, 6) is -0.139. The molecular formula is C49H102N2O6P+. The Hall–Kier alpha value is -0.500. The molecule has 0 aromatic carbocycles. The zero-order valence-electron chi connectivity index (χ0n) is 39.6. The van der Waals surface area contributed by atoms with Crippen LogP contribution in [0.1, 0.15) is 258 Å². The summed E-state index contributed by atoms with van der Waals surface area (Å²) >= 11 is 0. The molecule has 0 spiro atoms. The molecule has 0 aliphatic rings. The Bertz CT molecular complexity index is 916. The predicted molar refractivity (Wildman–Crippen MR) is 249 cm³/mol. The molecule has 0 aliphatic heterocycles. The molecule has 0 fully saturated rings. The average Bonchev–Trinajstić information content (AvgIpc) is 3.17. The number of aliphatic hydroxyl groups is 1. The van der Waals surface area contributed by atoms with Crippen LogP contribution in [0.5, 0.6) is 0 Å². The number of carbonyl (C=O) groups is 1. The van der Waals surface area contributed by atoms with Gasteiger partial charge in [-0.05, 0) is 12.8 Å². The number of likely N-dealkylation sites (N-methyl/N-ethyl adjacent to an activating group) is 1. The molecule has 8 nitrogen and oxygen atoms in total. The first-order valence-corrected chi connectivity index (χ1v) is 26.9. The van der Waals surface area contributed by atoms with Crippen LogP contribution in [0, 0.1) is 0 Å². The van der Waals surface area contributed by atoms with E-state index in [1.165, 1.54) is 193 Å². The number of amides is 1. The summed E-state index contributed by atoms with van der Waals surface area (Å²) in [5, 5.41) is 14.0. The lowest BCUT2D eigenvalue weighted by atomic mass is 10.0. The van der Waals surface area contributed by atoms with Gasteiger partial charge in [0.05, 0.1) is 39.9 Å². The summed E-state index contributed by atoms with van der Waals surface area (Å²) in [4.78, 5) is 23.2. The van der Waals surface area contributed by atoms with Gasteiger partial charge in [0.1, 0.15) is 13.2 Å². The lowest BCUT2D eigenvalue weighted by Gasteiger charge is -2.26. The minimum Gasteiger partial charge on any atom is -0.391 e. The summed E-state index contributed by atoms with van der Waals surface area (Å²) in [5.41, 5.74) is 0. The molecule has 9 heteroatoms. The standard InChI is InChI=1S/C49H101N2O6P/c1-6-8-10-12-14-16-18-20-21-22-23-24-25-26-27-28-29-31-33-35-37-39-41-43-49(53)50-47(46-57-58(54,55)56-45-44-51(3,4)5)48(52)42-40-38-36-34-32-30-19-17-15-13-11-9-7-2/h47-48,52H,6-46H2,1-5H3,(H-,50,53,54,55)/p+1/t47-,48+/m0/s1. The van der Waals surface area contributed by atoms with E-state index in [-0.39, 0.29) is 19.1 Å². The lowest BCUT2D eigenvalue weighted by Crippen LogP contribution is -2.46. The van der Waals surface area contributed by atoms with Crippen molar-refractivity contribution in [2.45, 2.75) is 270 Å². The van der Waals surface area contributed by atoms with Crippen molar-refractivity contribution >= 4 is 13.7 Å². The van der Waals surface area contributed by atoms with Gasteiger partial charge in [-0.3, -0.25) is 13.8 Å². The Morgan fingerprint density at radius 1 is 0.517 bits per heavy atom. The second kappa shape index (κ2) is 41.8. The van der Waals surface area contributed by atoms with Crippen LogP contribution in [-0.4, -0.2) is 73.4 Å². The number of unbranched alkanes of at least 4 members (excludes halogenated alkanes) is 34. The van der Waals surface area contributed by atoms with Gasteiger partial charge in [0.25, 0.3) is 0 Å². The summed E-state index contributed by atoms with van der Waals surface area (Å²) in [7, 11) is 1.63. The van der Waals surface area contributed by atoms with Crippen molar-refractivity contribution in [2.75, 3.05) is 40.9 Å². The largest absolute Gasteiger partial charge is 0.472 e. The quantitative estimate of drug-likeness (QED) is 0.0320. The maximum absolute atomic E-state index is 12.9. The van der Waals surface area contributed by atoms with Crippen LogP contribution in [0.15, 0.2) is 0 Å². The van der Waals surface area contributed by atoms with E-state index in [2.05, 4.69) is 19.2 Å². The number of rotatable bonds is 47. The number of quaternary nitrogens is 1. The smallest absolute Gasteiger partial charge is 0.391 e. The second-order valence-electron chi connectivity index (χ2n) is 18.9. The van der Waals surface area contributed by atoms with Gasteiger partial charge in [0, 0.05) is 6.42 Å². The Labute approximate surface area is 361 Å². The fourth-order valence-electron chi connectivity index (χ4n) is 7.81. The van der Waals surface area contributed by atoms with Crippen molar-refractivity contribution in [1.29, 1.82) is 0 Å². The normalized spacial score (nSPS) is 14.1. The number of hydrogen-bond donors (Lipinski definition) is 3. The van der Waals surface area contributed by atoms with Crippen LogP contribution in [-0.2, 0) is 18.4 Å². The summed E-state index contributed by atoms with van der Waals surface area (Å²) in [6.07, 6.45) is 47.1. The molecule has 0 aromatic rings. The third-order valence-corrected chi connectivity index (χ3v) is 12.8. The molecule has 58 heavy (non-hydrogen) atoms. The summed E-state index contributed by atoms with van der Waals surface area (Å²) in [6, 6.07) is -0.753. The Morgan fingerprint density at radius 3 is 1.16 bits per heavy atom. The van der Waals surface area contributed by atoms with Gasteiger partial charge >= 0.3 is 7.82 Å². The molecule has 0 rings (SSSR count). The number of carbonyl (C=O) groups excluding carboxylic acids is 1. The van der Waals surface area contributed by atoms with Crippen LogP contribution in [0.3, 0.4) is 0 Å². The minimum absolute atomic E-state index is 0.0787. The van der Waals surface area contributed by atoms with E-state index in [1.807, 2.05) is 21.1 Å². The first-order valence-electron chi connectivity index (χ1n) is 25.4. The highest BCUT2D eigenvalue weighted by molar-refractivity contribution is 7.47. The predicted octanol–water partition coefficient (Wildman–Crippen LogP) is 14.5. The van der Waals surface area contributed by atoms with Gasteiger partial charge in [0.2, 0.25) is 5.91 Å². The van der Waals surface area contributed by atoms with Crippen LogP contribution in [0.25, 0.3) is 0 Å². The van der Waals surface area contributed by atoms with E-state index in [1.54, 1.807) is 0 Å². The Balaban J connectivity index is 4.15. The van der Waals surface area contributed by atoms with Crippen molar-refractivity contribution in [2.24, 2.45) is 0 Å². The van der Waals surface area contributed by atoms with E-state index in [9.17, 15) is 19.4 Å². The molecule has 0 bridgehead atoms. The van der Waals surface area contributed by atoms with Gasteiger partial charge in [-0.25, -0.2) is 4.57 Å². The van der Waals surface area contributed by atoms with Crippen molar-refractivity contribution in [3.63, 3.8) is 0 Å². The van der Waals surface area contributed by atoms with Crippen molar-refractivity contribution in [3.05, 3.63) is 0 Å². The Kier molecular flexibility index (Phi) is 41.5. The number of nitrogens with one attached hydrogen (secondary N) is 1. The van der Waals surface area contributed by atoms with Gasteiger partial charge in [-0.15, -0.1) is 0 Å². The van der Waals surface area contributed by atoms with Gasteiger partial charge in [0.15, 0.2) is 0 Å². The van der Waals surface area contributed by atoms with Crippen LogP contribution in [0.2, 0.25) is 0 Å². The van der Waals surface area contributed by atoms with E-state index in [0.29, 0.717) is 23.9 Å². The second-order valence-corrected chi connectivity index (χ2v) is 20.4. The van der Waals surface area contributed by atoms with Crippen LogP contribution >= 0.6 is 7.82 Å². The average molecular weight is 846 g/mol. The molecule has 3 atom stereocenters. The number of hydrogen-bond acceptors (Lipinski definition) is 5. The van der Waals surface area contributed by atoms with E-state index < -0.39 is 20.0 Å². The van der Waals surface area contributed by atoms with Crippen LogP contribution < -0.4 is 5.32 Å². The van der Waals surface area contributed by atoms with Gasteiger partial charge < -0.3 is 19.8 Å². The molecule has 348 valence electrons. The van der Waals surface area contributed by atoms with Crippen LogP contribution in [0.4, 0.5) is 0 Å². The highest BCUT2D eigenvalue weighted by Crippen LogP contribution is 2.43.